The second-order valence-corrected chi connectivity index (χ2v) is 15.7. The Hall–Kier alpha value is -0.530. The van der Waals surface area contributed by atoms with Gasteiger partial charge in [-0.05, 0) is 121 Å². The topological polar surface area (TPSA) is 26.3 Å². The fourth-order valence-electron chi connectivity index (χ4n) is 12.4. The molecule has 2 nitrogen and oxygen atoms in total. The highest BCUT2D eigenvalue weighted by molar-refractivity contribution is 5.66. The van der Waals surface area contributed by atoms with Gasteiger partial charge < -0.3 is 4.74 Å². The molecule has 5 rings (SSSR count). The number of ether oxygens (including phenoxy) is 1. The van der Waals surface area contributed by atoms with Crippen molar-refractivity contribution in [1.29, 1.82) is 0 Å². The van der Waals surface area contributed by atoms with Gasteiger partial charge in [0, 0.05) is 12.3 Å². The zero-order valence-corrected chi connectivity index (χ0v) is 23.9. The molecule has 0 spiro atoms. The molecule has 0 saturated heterocycles. The molecule has 0 aromatic heterocycles. The molecular formula is C32H54O2. The van der Waals surface area contributed by atoms with Crippen molar-refractivity contribution in [2.45, 2.75) is 133 Å². The maximum atomic E-state index is 11.9. The van der Waals surface area contributed by atoms with Crippen LogP contribution in [-0.4, -0.2) is 12.1 Å². The number of esters is 1. The lowest BCUT2D eigenvalue weighted by Crippen LogP contribution is -2.67. The van der Waals surface area contributed by atoms with Gasteiger partial charge in [0.1, 0.15) is 6.10 Å². The molecule has 10 atom stereocenters. The van der Waals surface area contributed by atoms with Crippen LogP contribution in [0.5, 0.6) is 0 Å². The molecule has 0 aromatic carbocycles. The van der Waals surface area contributed by atoms with E-state index in [0.717, 1.165) is 36.0 Å². The van der Waals surface area contributed by atoms with Gasteiger partial charge >= 0.3 is 5.97 Å². The number of hydrogen-bond acceptors (Lipinski definition) is 2. The molecule has 2 heteroatoms. The minimum absolute atomic E-state index is 0.0668. The van der Waals surface area contributed by atoms with Gasteiger partial charge in [-0.2, -0.15) is 0 Å². The van der Waals surface area contributed by atoms with Crippen LogP contribution in [0, 0.1) is 62.6 Å². The van der Waals surface area contributed by atoms with Crippen LogP contribution in [0.15, 0.2) is 0 Å². The zero-order valence-electron chi connectivity index (χ0n) is 23.9. The third-order valence-corrected chi connectivity index (χ3v) is 14.1. The smallest absolute Gasteiger partial charge is 0.302 e. The van der Waals surface area contributed by atoms with E-state index in [-0.39, 0.29) is 17.5 Å². The Morgan fingerprint density at radius 3 is 1.85 bits per heavy atom. The second-order valence-electron chi connectivity index (χ2n) is 15.7. The van der Waals surface area contributed by atoms with Crippen LogP contribution in [0.2, 0.25) is 0 Å². The number of hydrogen-bond donors (Lipinski definition) is 0. The highest BCUT2D eigenvalue weighted by atomic mass is 16.5. The van der Waals surface area contributed by atoms with Gasteiger partial charge in [0.25, 0.3) is 0 Å². The molecule has 0 heterocycles. The van der Waals surface area contributed by atoms with Crippen LogP contribution in [0.1, 0.15) is 127 Å². The van der Waals surface area contributed by atoms with Crippen molar-refractivity contribution in [3.05, 3.63) is 0 Å². The number of carbonyl (C=O) groups excluding carboxylic acids is 1. The summed E-state index contributed by atoms with van der Waals surface area (Å²) in [7, 11) is 0. The maximum Gasteiger partial charge on any atom is 0.302 e. The molecule has 0 amide bonds. The third kappa shape index (κ3) is 3.08. The number of fused-ring (bicyclic) bond motifs is 7. The third-order valence-electron chi connectivity index (χ3n) is 14.1. The van der Waals surface area contributed by atoms with Crippen LogP contribution in [0.3, 0.4) is 0 Å². The Morgan fingerprint density at radius 2 is 1.26 bits per heavy atom. The Morgan fingerprint density at radius 1 is 0.706 bits per heavy atom. The summed E-state index contributed by atoms with van der Waals surface area (Å²) in [4.78, 5) is 11.9. The van der Waals surface area contributed by atoms with E-state index < -0.39 is 0 Å². The summed E-state index contributed by atoms with van der Waals surface area (Å²) in [5, 5.41) is 0. The lowest BCUT2D eigenvalue weighted by molar-refractivity contribution is -0.253. The highest BCUT2D eigenvalue weighted by Crippen LogP contribution is 2.78. The summed E-state index contributed by atoms with van der Waals surface area (Å²) in [6.07, 6.45) is 13.8. The van der Waals surface area contributed by atoms with Gasteiger partial charge in [-0.15, -0.1) is 0 Å². The highest BCUT2D eigenvalue weighted by Gasteiger charge is 2.71. The van der Waals surface area contributed by atoms with E-state index >= 15 is 0 Å². The molecule has 194 valence electrons. The monoisotopic (exact) mass is 470 g/mol. The van der Waals surface area contributed by atoms with Gasteiger partial charge in [0.2, 0.25) is 0 Å². The summed E-state index contributed by atoms with van der Waals surface area (Å²) < 4.78 is 5.92. The van der Waals surface area contributed by atoms with Crippen molar-refractivity contribution in [3.8, 4) is 0 Å². The van der Waals surface area contributed by atoms with Crippen molar-refractivity contribution >= 4 is 5.97 Å². The van der Waals surface area contributed by atoms with E-state index in [1.54, 1.807) is 6.92 Å². The Kier molecular flexibility index (Phi) is 5.72. The van der Waals surface area contributed by atoms with Crippen LogP contribution in [0.4, 0.5) is 0 Å². The van der Waals surface area contributed by atoms with E-state index in [4.69, 9.17) is 4.74 Å². The first-order valence-corrected chi connectivity index (χ1v) is 14.9. The fraction of sp³-hybridized carbons (Fsp3) is 0.969. The average Bonchev–Trinajstić information content (AvgIpc) is 3.08. The normalized spacial score (nSPS) is 53.9. The first-order valence-electron chi connectivity index (χ1n) is 14.9. The fourth-order valence-corrected chi connectivity index (χ4v) is 12.4. The van der Waals surface area contributed by atoms with Gasteiger partial charge in [-0.1, -0.05) is 55.4 Å². The molecule has 0 N–H and O–H groups in total. The standard InChI is InChI=1S/C32H54O2/c1-20(2)22-12-16-29(6)23(22)13-18-31(8)25(29)10-11-26-30(7)17-15-27(34-21(3)33)28(4,5)24(30)14-19-32(26,31)9/h20,22-27H,10-19H2,1-9H3/t22-,23+,24-,25-,26-,27+,29+,30+,31-,32-/m1/s1. The van der Waals surface area contributed by atoms with Crippen molar-refractivity contribution in [3.63, 3.8) is 0 Å². The van der Waals surface area contributed by atoms with Crippen LogP contribution in [-0.2, 0) is 9.53 Å². The largest absolute Gasteiger partial charge is 0.462 e. The van der Waals surface area contributed by atoms with E-state index in [9.17, 15) is 4.79 Å². The minimum atomic E-state index is -0.100. The summed E-state index contributed by atoms with van der Waals surface area (Å²) in [6, 6.07) is 0. The van der Waals surface area contributed by atoms with Gasteiger partial charge in [-0.25, -0.2) is 0 Å². The lowest BCUT2D eigenvalue weighted by Gasteiger charge is -2.73. The maximum absolute atomic E-state index is 11.9. The van der Waals surface area contributed by atoms with E-state index in [2.05, 4.69) is 55.4 Å². The van der Waals surface area contributed by atoms with Crippen molar-refractivity contribution in [2.24, 2.45) is 62.6 Å². The Balaban J connectivity index is 1.48. The van der Waals surface area contributed by atoms with E-state index in [1.165, 1.54) is 57.8 Å². The summed E-state index contributed by atoms with van der Waals surface area (Å²) in [6.45, 7) is 22.3. The number of carbonyl (C=O) groups is 1. The van der Waals surface area contributed by atoms with Gasteiger partial charge in [0.05, 0.1) is 0 Å². The van der Waals surface area contributed by atoms with Crippen molar-refractivity contribution in [2.75, 3.05) is 0 Å². The molecule has 0 aromatic rings. The SMILES string of the molecule is CC(=O)O[C@H]1CC[C@@]2(C)[C@H](CC[C@]3(C)[C@@H]2CC[C@@H]2[C@@]4(C)CC[C@H](C(C)C)[C@@H]4CC[C@]23C)C1(C)C. The molecule has 5 aliphatic carbocycles. The van der Waals surface area contributed by atoms with Gasteiger partial charge in [0.15, 0.2) is 0 Å². The molecule has 0 unspecified atom stereocenters. The summed E-state index contributed by atoms with van der Waals surface area (Å²) in [5.41, 5.74) is 1.90. The zero-order chi connectivity index (χ0) is 24.9. The molecule has 0 bridgehead atoms. The molecule has 34 heavy (non-hydrogen) atoms. The molecular weight excluding hydrogens is 416 g/mol. The Bertz CT molecular complexity index is 829. The van der Waals surface area contributed by atoms with E-state index in [0.29, 0.717) is 27.6 Å². The lowest BCUT2D eigenvalue weighted by atomic mass is 9.32. The first-order chi connectivity index (χ1) is 15.7. The molecule has 5 fully saturated rings. The molecule has 5 saturated carbocycles. The molecule has 0 aliphatic heterocycles. The van der Waals surface area contributed by atoms with Crippen molar-refractivity contribution in [1.82, 2.24) is 0 Å². The van der Waals surface area contributed by atoms with Crippen LogP contribution >= 0.6 is 0 Å². The summed E-state index contributed by atoms with van der Waals surface area (Å²) in [5.74, 6) is 5.00. The first kappa shape index (κ1) is 25.1. The minimum Gasteiger partial charge on any atom is -0.462 e. The number of rotatable bonds is 2. The van der Waals surface area contributed by atoms with Gasteiger partial charge in [-0.3, -0.25) is 4.79 Å². The molecule has 5 aliphatic rings. The van der Waals surface area contributed by atoms with Crippen LogP contribution < -0.4 is 0 Å². The predicted octanol–water partition coefficient (Wildman–Crippen LogP) is 8.68. The average molecular weight is 471 g/mol. The second kappa shape index (κ2) is 7.74. The van der Waals surface area contributed by atoms with E-state index in [1.807, 2.05) is 0 Å². The predicted molar refractivity (Wildman–Crippen MR) is 140 cm³/mol. The van der Waals surface area contributed by atoms with Crippen molar-refractivity contribution < 1.29 is 9.53 Å². The van der Waals surface area contributed by atoms with Crippen LogP contribution in [0.25, 0.3) is 0 Å². The molecule has 0 radical (unpaired) electrons. The summed E-state index contributed by atoms with van der Waals surface area (Å²) >= 11 is 0. The quantitative estimate of drug-likeness (QED) is 0.377. The Labute approximate surface area is 210 Å².